The molecule has 0 aromatic carbocycles. The summed E-state index contributed by atoms with van der Waals surface area (Å²) in [5.41, 5.74) is 1.09. The lowest BCUT2D eigenvalue weighted by atomic mass is 9.89. The van der Waals surface area contributed by atoms with Gasteiger partial charge in [-0.2, -0.15) is 0 Å². The van der Waals surface area contributed by atoms with Gasteiger partial charge in [-0.05, 0) is 57.5 Å². The predicted molar refractivity (Wildman–Crippen MR) is 112 cm³/mol. The van der Waals surface area contributed by atoms with Gasteiger partial charge in [0.25, 0.3) is 0 Å². The molecule has 5 nitrogen and oxygen atoms in total. The van der Waals surface area contributed by atoms with E-state index in [9.17, 15) is 4.79 Å². The summed E-state index contributed by atoms with van der Waals surface area (Å²) in [5, 5.41) is 9.52. The number of nitrogens with zero attached hydrogens (tertiary/aromatic N) is 2. The van der Waals surface area contributed by atoms with Crippen molar-refractivity contribution >= 4 is 47.2 Å². The monoisotopic (exact) mass is 420 g/mol. The molecule has 2 bridgehead atoms. The van der Waals surface area contributed by atoms with E-state index in [1.165, 1.54) is 45.2 Å². The minimum atomic E-state index is 0. The molecule has 148 valence electrons. The molecule has 3 saturated heterocycles. The lowest BCUT2D eigenvalue weighted by molar-refractivity contribution is -0.117. The molecule has 26 heavy (non-hydrogen) atoms. The molecule has 0 spiro atoms. The number of piperidine rings is 2. The van der Waals surface area contributed by atoms with Crippen molar-refractivity contribution in [2.75, 3.05) is 18.4 Å². The van der Waals surface area contributed by atoms with Gasteiger partial charge in [0, 0.05) is 30.4 Å². The number of rotatable bonds is 5. The number of anilines is 1. The Labute approximate surface area is 172 Å². The van der Waals surface area contributed by atoms with E-state index in [0.717, 1.165) is 30.2 Å². The summed E-state index contributed by atoms with van der Waals surface area (Å²) >= 11 is 1.56. The Bertz CT molecular complexity index is 567. The smallest absolute Gasteiger partial charge is 0.226 e. The van der Waals surface area contributed by atoms with E-state index in [1.807, 2.05) is 0 Å². The topological polar surface area (TPSA) is 57.3 Å². The average molecular weight is 421 g/mol. The second kappa shape index (κ2) is 10.2. The molecule has 1 aromatic heterocycles. The lowest BCUT2D eigenvalue weighted by Gasteiger charge is -2.28. The van der Waals surface area contributed by atoms with Gasteiger partial charge in [-0.15, -0.1) is 36.2 Å². The van der Waals surface area contributed by atoms with Crippen molar-refractivity contribution in [1.82, 2.24) is 15.2 Å². The minimum Gasteiger partial charge on any atom is -0.311 e. The second-order valence-electron chi connectivity index (χ2n) is 7.71. The maximum Gasteiger partial charge on any atom is 0.226 e. The van der Waals surface area contributed by atoms with Crippen LogP contribution in [0.3, 0.4) is 0 Å². The zero-order valence-electron chi connectivity index (χ0n) is 15.1. The van der Waals surface area contributed by atoms with Crippen molar-refractivity contribution in [2.24, 2.45) is 5.92 Å². The van der Waals surface area contributed by atoms with Crippen LogP contribution in [0.15, 0.2) is 5.38 Å². The highest BCUT2D eigenvalue weighted by Gasteiger charge is 2.34. The number of carbonyl (C=O) groups excluding carboxylic acids is 1. The maximum atomic E-state index is 12.3. The molecule has 4 heterocycles. The first-order chi connectivity index (χ1) is 11.7. The van der Waals surface area contributed by atoms with Gasteiger partial charge in [-0.1, -0.05) is 6.42 Å². The van der Waals surface area contributed by atoms with Crippen molar-refractivity contribution in [3.8, 4) is 0 Å². The summed E-state index contributed by atoms with van der Waals surface area (Å²) in [5.74, 6) is 0.678. The summed E-state index contributed by atoms with van der Waals surface area (Å²) < 4.78 is 0. The molecule has 0 saturated carbocycles. The van der Waals surface area contributed by atoms with Crippen molar-refractivity contribution in [1.29, 1.82) is 0 Å². The third kappa shape index (κ3) is 5.80. The van der Waals surface area contributed by atoms with Gasteiger partial charge in [-0.3, -0.25) is 9.69 Å². The Hall–Kier alpha value is -0.400. The minimum absolute atomic E-state index is 0. The Kier molecular flexibility index (Phi) is 8.61. The Balaban J connectivity index is 0.00000121. The molecule has 4 rings (SSSR count). The van der Waals surface area contributed by atoms with Crippen LogP contribution >= 0.6 is 36.2 Å². The highest BCUT2D eigenvalue weighted by molar-refractivity contribution is 7.13. The molecule has 3 aliphatic rings. The highest BCUT2D eigenvalue weighted by Crippen LogP contribution is 2.33. The molecule has 3 fully saturated rings. The second-order valence-corrected chi connectivity index (χ2v) is 8.57. The van der Waals surface area contributed by atoms with Gasteiger partial charge in [0.1, 0.15) is 0 Å². The summed E-state index contributed by atoms with van der Waals surface area (Å²) in [6, 6.07) is 1.30. The molecule has 2 unspecified atom stereocenters. The third-order valence-corrected chi connectivity index (χ3v) is 6.48. The van der Waals surface area contributed by atoms with E-state index in [0.29, 0.717) is 24.4 Å². The van der Waals surface area contributed by atoms with Crippen LogP contribution in [0.1, 0.15) is 57.1 Å². The standard InChI is InChI=1S/C18H28N4OS.2ClH/c23-17(10-13-8-14-4-5-15(9-13)19-14)21-18-20-16(12-24-18)11-22-6-2-1-3-7-22;;/h12-15,19H,1-11H2,(H,20,21,23);2*1H. The van der Waals surface area contributed by atoms with Crippen LogP contribution in [0.4, 0.5) is 5.13 Å². The van der Waals surface area contributed by atoms with Crippen molar-refractivity contribution in [3.63, 3.8) is 0 Å². The number of fused-ring (bicyclic) bond motifs is 2. The Morgan fingerprint density at radius 3 is 2.58 bits per heavy atom. The number of likely N-dealkylation sites (tertiary alicyclic amines) is 1. The molecule has 8 heteroatoms. The van der Waals surface area contributed by atoms with E-state index in [4.69, 9.17) is 0 Å². The van der Waals surface area contributed by atoms with Crippen molar-refractivity contribution < 1.29 is 4.79 Å². The van der Waals surface area contributed by atoms with Crippen LogP contribution in [0, 0.1) is 5.92 Å². The lowest BCUT2D eigenvalue weighted by Crippen LogP contribution is -2.39. The fourth-order valence-electron chi connectivity index (χ4n) is 4.56. The van der Waals surface area contributed by atoms with E-state index in [2.05, 4.69) is 25.9 Å². The zero-order chi connectivity index (χ0) is 16.4. The first kappa shape index (κ1) is 21.9. The molecular weight excluding hydrogens is 391 g/mol. The van der Waals surface area contributed by atoms with Crippen LogP contribution in [-0.4, -0.2) is 41.0 Å². The van der Waals surface area contributed by atoms with Gasteiger partial charge in [0.05, 0.1) is 5.69 Å². The number of aromatic nitrogens is 1. The van der Waals surface area contributed by atoms with E-state index in [1.54, 1.807) is 11.3 Å². The molecule has 2 N–H and O–H groups in total. The normalized spacial score (nSPS) is 28.1. The largest absolute Gasteiger partial charge is 0.311 e. The molecule has 1 aromatic rings. The summed E-state index contributed by atoms with van der Waals surface area (Å²) in [6.45, 7) is 3.28. The van der Waals surface area contributed by atoms with Gasteiger partial charge in [-0.25, -0.2) is 4.98 Å². The van der Waals surface area contributed by atoms with Crippen LogP contribution in [0.2, 0.25) is 0 Å². The number of thiazole rings is 1. The molecule has 0 aliphatic carbocycles. The van der Waals surface area contributed by atoms with Crippen molar-refractivity contribution in [3.05, 3.63) is 11.1 Å². The summed E-state index contributed by atoms with van der Waals surface area (Å²) in [6.07, 6.45) is 9.48. The number of amides is 1. The maximum absolute atomic E-state index is 12.3. The number of nitrogens with one attached hydrogen (secondary N) is 2. The number of hydrogen-bond donors (Lipinski definition) is 2. The predicted octanol–water partition coefficient (Wildman–Crippen LogP) is 3.83. The fourth-order valence-corrected chi connectivity index (χ4v) is 5.28. The molecular formula is C18H30Cl2N4OS. The average Bonchev–Trinajstić information content (AvgIpc) is 3.14. The van der Waals surface area contributed by atoms with E-state index in [-0.39, 0.29) is 30.7 Å². The van der Waals surface area contributed by atoms with Crippen LogP contribution < -0.4 is 10.6 Å². The van der Waals surface area contributed by atoms with Crippen LogP contribution in [0.25, 0.3) is 0 Å². The molecule has 3 aliphatic heterocycles. The van der Waals surface area contributed by atoms with Gasteiger partial charge in [0.15, 0.2) is 5.13 Å². The zero-order valence-corrected chi connectivity index (χ0v) is 17.6. The fraction of sp³-hybridized carbons (Fsp3) is 0.778. The van der Waals surface area contributed by atoms with Crippen LogP contribution in [-0.2, 0) is 11.3 Å². The van der Waals surface area contributed by atoms with Gasteiger partial charge >= 0.3 is 0 Å². The van der Waals surface area contributed by atoms with E-state index < -0.39 is 0 Å². The first-order valence-corrected chi connectivity index (χ1v) is 10.4. The molecule has 0 radical (unpaired) electrons. The quantitative estimate of drug-likeness (QED) is 0.759. The first-order valence-electron chi connectivity index (χ1n) is 9.47. The Morgan fingerprint density at radius 2 is 1.88 bits per heavy atom. The number of hydrogen-bond acceptors (Lipinski definition) is 5. The van der Waals surface area contributed by atoms with Crippen molar-refractivity contribution in [2.45, 2.75) is 70.0 Å². The summed E-state index contributed by atoms with van der Waals surface area (Å²) in [4.78, 5) is 19.4. The molecule has 2 atom stereocenters. The van der Waals surface area contributed by atoms with Crippen LogP contribution in [0.5, 0.6) is 0 Å². The third-order valence-electron chi connectivity index (χ3n) is 5.68. The Morgan fingerprint density at radius 1 is 1.19 bits per heavy atom. The van der Waals surface area contributed by atoms with E-state index >= 15 is 0 Å². The molecule has 1 amide bonds. The number of carbonyl (C=O) groups is 1. The summed E-state index contributed by atoms with van der Waals surface area (Å²) in [7, 11) is 0. The van der Waals surface area contributed by atoms with Gasteiger partial charge in [0.2, 0.25) is 5.91 Å². The SMILES string of the molecule is Cl.Cl.O=C(CC1CC2CCC(C1)N2)Nc1nc(CN2CCCCC2)cs1. The van der Waals surface area contributed by atoms with Gasteiger partial charge < -0.3 is 10.6 Å². The highest BCUT2D eigenvalue weighted by atomic mass is 35.5. The number of halogens is 2.